The quantitative estimate of drug-likeness (QED) is 0.690. The number of methoxy groups -OCH3 is 1. The van der Waals surface area contributed by atoms with Gasteiger partial charge in [0.2, 0.25) is 0 Å². The van der Waals surface area contributed by atoms with E-state index in [1.807, 2.05) is 49.5 Å². The summed E-state index contributed by atoms with van der Waals surface area (Å²) in [6.07, 6.45) is 1.93. The van der Waals surface area contributed by atoms with Crippen LogP contribution in [0.15, 0.2) is 42.6 Å². The van der Waals surface area contributed by atoms with E-state index in [0.717, 1.165) is 28.3 Å². The molecule has 0 aliphatic rings. The lowest BCUT2D eigenvalue weighted by Crippen LogP contribution is -1.91. The second kappa shape index (κ2) is 4.14. The van der Waals surface area contributed by atoms with Crippen LogP contribution in [-0.4, -0.2) is 21.7 Å². The van der Waals surface area contributed by atoms with Gasteiger partial charge in [-0.15, -0.1) is 0 Å². The highest BCUT2D eigenvalue weighted by molar-refractivity contribution is 5.63. The summed E-state index contributed by atoms with van der Waals surface area (Å²) < 4.78 is 6.94. The van der Waals surface area contributed by atoms with Crippen LogP contribution in [0.3, 0.4) is 0 Å². The molecule has 0 N–H and O–H groups in total. The Balaban J connectivity index is 2.07. The van der Waals surface area contributed by atoms with E-state index in [2.05, 4.69) is 10.1 Å². The van der Waals surface area contributed by atoms with Gasteiger partial charge in [0.15, 0.2) is 5.65 Å². The molecule has 0 aliphatic heterocycles. The topological polar surface area (TPSA) is 39.4 Å². The van der Waals surface area contributed by atoms with E-state index >= 15 is 0 Å². The normalized spacial score (nSPS) is 10.8. The summed E-state index contributed by atoms with van der Waals surface area (Å²) in [6, 6.07) is 11.8. The van der Waals surface area contributed by atoms with E-state index in [9.17, 15) is 0 Å². The smallest absolute Gasteiger partial charge is 0.154 e. The number of rotatable bonds is 2. The predicted molar refractivity (Wildman–Crippen MR) is 69.7 cm³/mol. The summed E-state index contributed by atoms with van der Waals surface area (Å²) in [5.41, 5.74) is 3.79. The maximum atomic E-state index is 5.14. The van der Waals surface area contributed by atoms with E-state index < -0.39 is 0 Å². The van der Waals surface area contributed by atoms with E-state index in [1.165, 1.54) is 0 Å². The molecule has 0 bridgehead atoms. The van der Waals surface area contributed by atoms with Crippen molar-refractivity contribution >= 4 is 5.65 Å². The number of aromatic nitrogens is 3. The van der Waals surface area contributed by atoms with Crippen LogP contribution in [-0.2, 0) is 0 Å². The summed E-state index contributed by atoms with van der Waals surface area (Å²) in [5.74, 6) is 0.844. The predicted octanol–water partition coefficient (Wildman–Crippen LogP) is 2.71. The minimum Gasteiger partial charge on any atom is -0.497 e. The van der Waals surface area contributed by atoms with Gasteiger partial charge in [0.05, 0.1) is 24.7 Å². The summed E-state index contributed by atoms with van der Waals surface area (Å²) in [4.78, 5) is 4.54. The molecule has 0 atom stereocenters. The van der Waals surface area contributed by atoms with Crippen LogP contribution < -0.4 is 4.74 Å². The number of fused-ring (bicyclic) bond motifs is 1. The molecule has 0 aliphatic carbocycles. The van der Waals surface area contributed by atoms with Crippen molar-refractivity contribution in [3.8, 4) is 17.0 Å². The first-order chi connectivity index (χ1) is 8.76. The van der Waals surface area contributed by atoms with Crippen molar-refractivity contribution in [3.05, 3.63) is 48.3 Å². The lowest BCUT2D eigenvalue weighted by molar-refractivity contribution is 0.415. The molecule has 0 amide bonds. The highest BCUT2D eigenvalue weighted by Gasteiger charge is 2.05. The molecule has 0 saturated carbocycles. The summed E-state index contributed by atoms with van der Waals surface area (Å²) in [7, 11) is 1.66. The SMILES string of the molecule is COc1ccc(-c2cn3nc(C)ccc3n2)cc1. The third-order valence-corrected chi connectivity index (χ3v) is 2.84. The maximum absolute atomic E-state index is 5.14. The fraction of sp³-hybridized carbons (Fsp3) is 0.143. The van der Waals surface area contributed by atoms with Crippen LogP contribution in [0.5, 0.6) is 5.75 Å². The highest BCUT2D eigenvalue weighted by Crippen LogP contribution is 2.21. The minimum absolute atomic E-state index is 0.844. The second-order valence-corrected chi connectivity index (χ2v) is 4.13. The zero-order valence-corrected chi connectivity index (χ0v) is 10.3. The minimum atomic E-state index is 0.844. The molecule has 0 spiro atoms. The van der Waals surface area contributed by atoms with Crippen LogP contribution in [0.2, 0.25) is 0 Å². The van der Waals surface area contributed by atoms with E-state index in [1.54, 1.807) is 11.6 Å². The lowest BCUT2D eigenvalue weighted by Gasteiger charge is -1.99. The average Bonchev–Trinajstić information content (AvgIpc) is 2.81. The van der Waals surface area contributed by atoms with Gasteiger partial charge in [0.25, 0.3) is 0 Å². The molecular formula is C14H13N3O. The Labute approximate surface area is 105 Å². The molecule has 0 radical (unpaired) electrons. The van der Waals surface area contributed by atoms with Crippen LogP contribution in [0.1, 0.15) is 5.69 Å². The van der Waals surface area contributed by atoms with E-state index in [4.69, 9.17) is 4.74 Å². The lowest BCUT2D eigenvalue weighted by atomic mass is 10.2. The van der Waals surface area contributed by atoms with Gasteiger partial charge in [-0.05, 0) is 43.3 Å². The first kappa shape index (κ1) is 10.8. The standard InChI is InChI=1S/C14H13N3O/c1-10-3-8-14-15-13(9-17(14)16-10)11-4-6-12(18-2)7-5-11/h3-9H,1-2H3. The van der Waals surface area contributed by atoms with E-state index in [0.29, 0.717) is 0 Å². The van der Waals surface area contributed by atoms with Crippen LogP contribution >= 0.6 is 0 Å². The maximum Gasteiger partial charge on any atom is 0.154 e. The Bertz CT molecular complexity index is 686. The molecule has 3 rings (SSSR count). The molecule has 3 aromatic rings. The van der Waals surface area contributed by atoms with Crippen molar-refractivity contribution in [2.75, 3.05) is 7.11 Å². The van der Waals surface area contributed by atoms with Gasteiger partial charge < -0.3 is 4.74 Å². The number of benzene rings is 1. The zero-order chi connectivity index (χ0) is 12.5. The van der Waals surface area contributed by atoms with Crippen LogP contribution in [0.25, 0.3) is 16.9 Å². The molecule has 2 aromatic heterocycles. The Morgan fingerprint density at radius 1 is 1.06 bits per heavy atom. The summed E-state index contributed by atoms with van der Waals surface area (Å²) in [5, 5.41) is 4.39. The van der Waals surface area contributed by atoms with Crippen molar-refractivity contribution in [3.63, 3.8) is 0 Å². The molecule has 2 heterocycles. The van der Waals surface area contributed by atoms with Crippen LogP contribution in [0.4, 0.5) is 0 Å². The molecule has 90 valence electrons. The van der Waals surface area contributed by atoms with Gasteiger partial charge in [0.1, 0.15) is 5.75 Å². The third kappa shape index (κ3) is 1.82. The average molecular weight is 239 g/mol. The molecule has 0 fully saturated rings. The molecule has 4 heteroatoms. The molecule has 1 aromatic carbocycles. The largest absolute Gasteiger partial charge is 0.497 e. The Morgan fingerprint density at radius 2 is 1.83 bits per heavy atom. The molecule has 0 saturated heterocycles. The van der Waals surface area contributed by atoms with Gasteiger partial charge in [-0.1, -0.05) is 0 Å². The Kier molecular flexibility index (Phi) is 2.48. The first-order valence-corrected chi connectivity index (χ1v) is 5.74. The molecule has 18 heavy (non-hydrogen) atoms. The summed E-state index contributed by atoms with van der Waals surface area (Å²) >= 11 is 0. The van der Waals surface area contributed by atoms with Crippen molar-refractivity contribution < 1.29 is 4.74 Å². The van der Waals surface area contributed by atoms with E-state index in [-0.39, 0.29) is 0 Å². The third-order valence-electron chi connectivity index (χ3n) is 2.84. The molecule has 4 nitrogen and oxygen atoms in total. The number of imidazole rings is 1. The van der Waals surface area contributed by atoms with Crippen molar-refractivity contribution in [1.82, 2.24) is 14.6 Å². The molecule has 0 unspecified atom stereocenters. The number of nitrogens with zero attached hydrogens (tertiary/aromatic N) is 3. The molecular weight excluding hydrogens is 226 g/mol. The van der Waals surface area contributed by atoms with Crippen molar-refractivity contribution in [1.29, 1.82) is 0 Å². The van der Waals surface area contributed by atoms with Gasteiger partial charge in [-0.3, -0.25) is 0 Å². The number of hydrogen-bond acceptors (Lipinski definition) is 3. The summed E-state index contributed by atoms with van der Waals surface area (Å²) in [6.45, 7) is 1.96. The zero-order valence-electron chi connectivity index (χ0n) is 10.3. The van der Waals surface area contributed by atoms with Crippen LogP contribution in [0, 0.1) is 6.92 Å². The van der Waals surface area contributed by atoms with Gasteiger partial charge in [0, 0.05) is 5.56 Å². The fourth-order valence-electron chi connectivity index (χ4n) is 1.88. The number of hydrogen-bond donors (Lipinski definition) is 0. The number of ether oxygens (including phenoxy) is 1. The van der Waals surface area contributed by atoms with Gasteiger partial charge in [-0.25, -0.2) is 9.50 Å². The monoisotopic (exact) mass is 239 g/mol. The Hall–Kier alpha value is -2.36. The second-order valence-electron chi connectivity index (χ2n) is 4.13. The van der Waals surface area contributed by atoms with Crippen molar-refractivity contribution in [2.45, 2.75) is 6.92 Å². The fourth-order valence-corrected chi connectivity index (χ4v) is 1.88. The highest BCUT2D eigenvalue weighted by atomic mass is 16.5. The van der Waals surface area contributed by atoms with Gasteiger partial charge >= 0.3 is 0 Å². The van der Waals surface area contributed by atoms with Crippen molar-refractivity contribution in [2.24, 2.45) is 0 Å². The number of aryl methyl sites for hydroxylation is 1. The first-order valence-electron chi connectivity index (χ1n) is 5.74. The Morgan fingerprint density at radius 3 is 2.56 bits per heavy atom. The van der Waals surface area contributed by atoms with Gasteiger partial charge in [-0.2, -0.15) is 5.10 Å².